The van der Waals surface area contributed by atoms with Crippen LogP contribution in [0.4, 0.5) is 0 Å². The molecule has 6 rings (SSSR count). The zero-order valence-corrected chi connectivity index (χ0v) is 25.9. The Balaban J connectivity index is 1.38. The Hall–Kier alpha value is -4.45. The Bertz CT molecular complexity index is 1620. The summed E-state index contributed by atoms with van der Waals surface area (Å²) >= 11 is 0. The van der Waals surface area contributed by atoms with Crippen molar-refractivity contribution in [1.29, 1.82) is 0 Å². The first-order chi connectivity index (χ1) is 20.9. The third-order valence-corrected chi connectivity index (χ3v) is 9.03. The molecule has 3 aromatic rings. The molecule has 6 heteroatoms. The number of carbonyl (C=O) groups is 3. The molecule has 1 heterocycles. The number of hydrogen-bond donors (Lipinski definition) is 1. The average molecular weight is 590 g/mol. The number of nitrogens with zero attached hydrogens (tertiary/aromatic N) is 1. The second kappa shape index (κ2) is 11.2. The summed E-state index contributed by atoms with van der Waals surface area (Å²) in [4.78, 5) is 41.6. The number of benzene rings is 3. The fourth-order valence-electron chi connectivity index (χ4n) is 7.00. The molecule has 0 fully saturated rings. The smallest absolute Gasteiger partial charge is 0.335 e. The first-order valence-corrected chi connectivity index (χ1v) is 15.3. The van der Waals surface area contributed by atoms with Gasteiger partial charge in [0.05, 0.1) is 5.56 Å². The minimum atomic E-state index is -0.962. The molecule has 0 unspecified atom stereocenters. The predicted octanol–water partition coefficient (Wildman–Crippen LogP) is 7.85. The van der Waals surface area contributed by atoms with E-state index in [1.807, 2.05) is 42.5 Å². The minimum absolute atomic E-state index is 0.119. The molecule has 0 amide bonds. The van der Waals surface area contributed by atoms with E-state index in [-0.39, 0.29) is 28.0 Å². The van der Waals surface area contributed by atoms with Crippen LogP contribution in [0.5, 0.6) is 5.75 Å². The Morgan fingerprint density at radius 1 is 0.750 bits per heavy atom. The van der Waals surface area contributed by atoms with Crippen molar-refractivity contribution in [3.8, 4) is 5.75 Å². The van der Waals surface area contributed by atoms with Gasteiger partial charge in [0.2, 0.25) is 0 Å². The summed E-state index contributed by atoms with van der Waals surface area (Å²) in [6, 6.07) is 24.7. The number of Topliss-reactive ketones (excluding diaryl/α,β-unsaturated/α-hetero) is 2. The van der Waals surface area contributed by atoms with Crippen LogP contribution in [0.1, 0.15) is 86.3 Å². The van der Waals surface area contributed by atoms with Crippen LogP contribution < -0.4 is 4.74 Å². The Morgan fingerprint density at radius 2 is 1.30 bits per heavy atom. The van der Waals surface area contributed by atoms with Gasteiger partial charge >= 0.3 is 5.97 Å². The molecular weight excluding hydrogens is 550 g/mol. The topological polar surface area (TPSA) is 83.9 Å². The van der Waals surface area contributed by atoms with Gasteiger partial charge in [-0.05, 0) is 64.6 Å². The van der Waals surface area contributed by atoms with Crippen molar-refractivity contribution in [3.05, 3.63) is 124 Å². The number of aromatic carboxylic acids is 1. The molecule has 6 nitrogen and oxygen atoms in total. The van der Waals surface area contributed by atoms with Gasteiger partial charge in [-0.15, -0.1) is 0 Å². The van der Waals surface area contributed by atoms with Gasteiger partial charge in [0.1, 0.15) is 12.4 Å². The number of hydrogen-bond acceptors (Lipinski definition) is 5. The first kappa shape index (κ1) is 29.6. The van der Waals surface area contributed by atoms with E-state index in [1.54, 1.807) is 24.3 Å². The van der Waals surface area contributed by atoms with Crippen molar-refractivity contribution >= 4 is 17.5 Å². The lowest BCUT2D eigenvalue weighted by atomic mass is 9.63. The highest BCUT2D eigenvalue weighted by atomic mass is 16.5. The molecule has 2 aliphatic carbocycles. The summed E-state index contributed by atoms with van der Waals surface area (Å²) in [7, 11) is 0. The molecule has 0 bridgehead atoms. The summed E-state index contributed by atoms with van der Waals surface area (Å²) in [6.07, 6.45) is 2.44. The highest BCUT2D eigenvalue weighted by Crippen LogP contribution is 2.54. The van der Waals surface area contributed by atoms with Crippen LogP contribution in [0.15, 0.2) is 101 Å². The lowest BCUT2D eigenvalue weighted by Gasteiger charge is -2.49. The van der Waals surface area contributed by atoms with Crippen molar-refractivity contribution in [1.82, 2.24) is 4.90 Å². The van der Waals surface area contributed by atoms with Crippen molar-refractivity contribution < 1.29 is 24.2 Å². The van der Waals surface area contributed by atoms with E-state index in [9.17, 15) is 14.4 Å². The first-order valence-electron chi connectivity index (χ1n) is 15.3. The largest absolute Gasteiger partial charge is 0.489 e. The van der Waals surface area contributed by atoms with Crippen molar-refractivity contribution in [3.63, 3.8) is 0 Å². The van der Waals surface area contributed by atoms with Gasteiger partial charge in [0.25, 0.3) is 0 Å². The fourth-order valence-corrected chi connectivity index (χ4v) is 7.00. The van der Waals surface area contributed by atoms with Gasteiger partial charge in [0, 0.05) is 47.8 Å². The second-order valence-corrected chi connectivity index (χ2v) is 14.0. The van der Waals surface area contributed by atoms with Crippen molar-refractivity contribution in [2.75, 3.05) is 0 Å². The monoisotopic (exact) mass is 589 g/mol. The zero-order valence-electron chi connectivity index (χ0n) is 25.9. The SMILES string of the molecule is CC1(C)CC(=O)C2=C(C1)N(Cc1ccccc1)C1=C(C(=O)CC(C)(C)C1)C2c1ccc(OCc2ccc(C(=O)O)cc2)cc1. The molecule has 0 spiro atoms. The fraction of sp³-hybridized carbons (Fsp3) is 0.342. The number of allylic oxidation sites excluding steroid dienone is 4. The van der Waals surface area contributed by atoms with E-state index in [4.69, 9.17) is 9.84 Å². The standard InChI is InChI=1S/C38H39NO5/c1-37(2)18-29-34(31(40)20-37)33(26-14-16-28(17-15-26)44-23-25-10-12-27(13-11-25)36(42)43)35-30(19-38(3,4)21-32(35)41)39(29)22-24-8-6-5-7-9-24/h5-17,33H,18-23H2,1-4H3,(H,42,43). The minimum Gasteiger partial charge on any atom is -0.489 e. The third kappa shape index (κ3) is 5.86. The normalized spacial score (nSPS) is 19.5. The molecule has 44 heavy (non-hydrogen) atoms. The summed E-state index contributed by atoms with van der Waals surface area (Å²) in [5, 5.41) is 9.14. The zero-order chi connectivity index (χ0) is 31.2. The lowest BCUT2D eigenvalue weighted by molar-refractivity contribution is -0.119. The number of rotatable bonds is 7. The molecule has 3 aromatic carbocycles. The average Bonchev–Trinajstić information content (AvgIpc) is 2.96. The van der Waals surface area contributed by atoms with Gasteiger partial charge in [-0.25, -0.2) is 4.79 Å². The Morgan fingerprint density at radius 3 is 1.82 bits per heavy atom. The van der Waals surface area contributed by atoms with E-state index < -0.39 is 11.9 Å². The van der Waals surface area contributed by atoms with E-state index in [1.165, 1.54) is 0 Å². The van der Waals surface area contributed by atoms with Crippen LogP contribution in [-0.4, -0.2) is 27.5 Å². The van der Waals surface area contributed by atoms with Crippen LogP contribution in [0.25, 0.3) is 0 Å². The molecule has 0 atom stereocenters. The molecule has 0 aromatic heterocycles. The van der Waals surface area contributed by atoms with Crippen LogP contribution in [0.2, 0.25) is 0 Å². The number of carboxylic acid groups (broad SMARTS) is 1. The summed E-state index contributed by atoms with van der Waals surface area (Å²) in [6.45, 7) is 9.55. The van der Waals surface area contributed by atoms with Crippen LogP contribution in [0.3, 0.4) is 0 Å². The number of ether oxygens (including phenoxy) is 1. The summed E-state index contributed by atoms with van der Waals surface area (Å²) in [5.74, 6) is -0.470. The van der Waals surface area contributed by atoms with Gasteiger partial charge in [0.15, 0.2) is 11.6 Å². The summed E-state index contributed by atoms with van der Waals surface area (Å²) in [5.41, 5.74) is 6.43. The van der Waals surface area contributed by atoms with Crippen molar-refractivity contribution in [2.24, 2.45) is 10.8 Å². The highest BCUT2D eigenvalue weighted by molar-refractivity contribution is 6.06. The van der Waals surface area contributed by atoms with E-state index in [0.29, 0.717) is 31.7 Å². The van der Waals surface area contributed by atoms with Crippen LogP contribution >= 0.6 is 0 Å². The molecule has 3 aliphatic rings. The Labute approximate surface area is 259 Å². The van der Waals surface area contributed by atoms with Crippen LogP contribution in [0, 0.1) is 10.8 Å². The third-order valence-electron chi connectivity index (χ3n) is 9.03. The number of carbonyl (C=O) groups excluding carboxylic acids is 2. The molecular formula is C38H39NO5. The lowest BCUT2D eigenvalue weighted by Crippen LogP contribution is -2.44. The number of ketones is 2. The van der Waals surface area contributed by atoms with Gasteiger partial charge in [-0.3, -0.25) is 9.59 Å². The number of carboxylic acids is 1. The second-order valence-electron chi connectivity index (χ2n) is 14.0. The maximum atomic E-state index is 14.0. The van der Waals surface area contributed by atoms with Gasteiger partial charge < -0.3 is 14.7 Å². The highest BCUT2D eigenvalue weighted by Gasteiger charge is 2.48. The quantitative estimate of drug-likeness (QED) is 0.302. The molecule has 0 radical (unpaired) electrons. The van der Waals surface area contributed by atoms with E-state index in [2.05, 4.69) is 44.7 Å². The van der Waals surface area contributed by atoms with Gasteiger partial charge in [-0.1, -0.05) is 82.3 Å². The molecule has 1 N–H and O–H groups in total. The van der Waals surface area contributed by atoms with Crippen LogP contribution in [-0.2, 0) is 22.7 Å². The van der Waals surface area contributed by atoms with E-state index >= 15 is 0 Å². The molecule has 0 saturated carbocycles. The maximum Gasteiger partial charge on any atom is 0.335 e. The molecule has 1 aliphatic heterocycles. The maximum absolute atomic E-state index is 14.0. The molecule has 0 saturated heterocycles. The molecule has 226 valence electrons. The predicted molar refractivity (Wildman–Crippen MR) is 169 cm³/mol. The van der Waals surface area contributed by atoms with Crippen molar-refractivity contribution in [2.45, 2.75) is 72.4 Å². The Kier molecular flexibility index (Phi) is 7.56. The van der Waals surface area contributed by atoms with Gasteiger partial charge in [-0.2, -0.15) is 0 Å². The summed E-state index contributed by atoms with van der Waals surface area (Å²) < 4.78 is 6.01. The van der Waals surface area contributed by atoms with E-state index in [0.717, 1.165) is 52.1 Å².